The average molecular weight is 267 g/mol. The van der Waals surface area contributed by atoms with Gasteiger partial charge in [0.05, 0.1) is 23.8 Å². The number of aliphatic hydroxyl groups excluding tert-OH is 1. The summed E-state index contributed by atoms with van der Waals surface area (Å²) < 4.78 is 4.76. The number of carboxylic acid groups (broad SMARTS) is 1. The highest BCUT2D eigenvalue weighted by atomic mass is 16.5. The minimum absolute atomic E-state index is 0.0440. The number of amides is 1. The van der Waals surface area contributed by atoms with Crippen molar-refractivity contribution in [3.8, 4) is 0 Å². The molecule has 104 valence electrons. The molecule has 1 unspecified atom stereocenters. The third kappa shape index (κ3) is 4.69. The number of carboxylic acids is 1. The van der Waals surface area contributed by atoms with Gasteiger partial charge in [0.1, 0.15) is 0 Å². The summed E-state index contributed by atoms with van der Waals surface area (Å²) in [5.74, 6) is -1.62. The second kappa shape index (κ2) is 7.50. The van der Waals surface area contributed by atoms with E-state index in [0.29, 0.717) is 6.42 Å². The number of rotatable bonds is 7. The van der Waals surface area contributed by atoms with E-state index in [0.717, 1.165) is 0 Å². The molecular formula is C13H17NO5. The number of benzene rings is 1. The van der Waals surface area contributed by atoms with Crippen molar-refractivity contribution in [3.05, 3.63) is 35.4 Å². The largest absolute Gasteiger partial charge is 0.478 e. The molecule has 0 aliphatic carbocycles. The van der Waals surface area contributed by atoms with Crippen molar-refractivity contribution in [1.29, 1.82) is 0 Å². The van der Waals surface area contributed by atoms with Crippen LogP contribution in [0.25, 0.3) is 0 Å². The first-order valence-electron chi connectivity index (χ1n) is 5.83. The second-order valence-electron chi connectivity index (χ2n) is 4.00. The number of nitrogens with one attached hydrogen (secondary N) is 1. The van der Waals surface area contributed by atoms with Gasteiger partial charge in [0.25, 0.3) is 5.91 Å². The Morgan fingerprint density at radius 1 is 1.32 bits per heavy atom. The van der Waals surface area contributed by atoms with Crippen LogP contribution in [0, 0.1) is 0 Å². The third-order valence-electron chi connectivity index (χ3n) is 2.52. The third-order valence-corrected chi connectivity index (χ3v) is 2.52. The number of carbonyl (C=O) groups is 2. The maximum atomic E-state index is 11.8. The van der Waals surface area contributed by atoms with Gasteiger partial charge >= 0.3 is 5.97 Å². The Bertz CT molecular complexity index is 446. The summed E-state index contributed by atoms with van der Waals surface area (Å²) in [6.45, 7) is 0.443. The normalized spacial score (nSPS) is 11.9. The molecule has 0 heterocycles. The van der Waals surface area contributed by atoms with Crippen LogP contribution < -0.4 is 5.32 Å². The first kappa shape index (κ1) is 15.1. The Morgan fingerprint density at radius 3 is 2.53 bits per heavy atom. The molecule has 19 heavy (non-hydrogen) atoms. The van der Waals surface area contributed by atoms with Gasteiger partial charge in [-0.25, -0.2) is 4.79 Å². The lowest BCUT2D eigenvalue weighted by molar-refractivity contribution is 0.0586. The van der Waals surface area contributed by atoms with Crippen LogP contribution in [0.3, 0.4) is 0 Å². The van der Waals surface area contributed by atoms with E-state index in [4.69, 9.17) is 9.84 Å². The first-order valence-corrected chi connectivity index (χ1v) is 5.83. The van der Waals surface area contributed by atoms with Crippen molar-refractivity contribution >= 4 is 11.9 Å². The number of ether oxygens (including phenoxy) is 1. The molecule has 0 saturated heterocycles. The Balaban J connectivity index is 2.57. The lowest BCUT2D eigenvalue weighted by Crippen LogP contribution is -2.29. The number of hydrogen-bond donors (Lipinski definition) is 3. The summed E-state index contributed by atoms with van der Waals surface area (Å²) in [7, 11) is 1.48. The van der Waals surface area contributed by atoms with Crippen LogP contribution in [0.1, 0.15) is 27.1 Å². The van der Waals surface area contributed by atoms with Gasteiger partial charge in [-0.05, 0) is 18.6 Å². The minimum atomic E-state index is -1.15. The topological polar surface area (TPSA) is 95.9 Å². The van der Waals surface area contributed by atoms with Crippen LogP contribution in [-0.4, -0.2) is 48.5 Å². The molecule has 0 aromatic heterocycles. The van der Waals surface area contributed by atoms with Crippen molar-refractivity contribution in [2.45, 2.75) is 12.5 Å². The quantitative estimate of drug-likeness (QED) is 0.669. The van der Waals surface area contributed by atoms with Crippen LogP contribution in [-0.2, 0) is 4.74 Å². The Kier molecular flexibility index (Phi) is 5.98. The lowest BCUT2D eigenvalue weighted by Gasteiger charge is -2.11. The maximum Gasteiger partial charge on any atom is 0.336 e. The first-order chi connectivity index (χ1) is 9.06. The molecule has 1 aromatic carbocycles. The molecule has 1 aromatic rings. The van der Waals surface area contributed by atoms with Crippen molar-refractivity contribution in [1.82, 2.24) is 5.32 Å². The number of carbonyl (C=O) groups excluding carboxylic acids is 1. The minimum Gasteiger partial charge on any atom is -0.478 e. The van der Waals surface area contributed by atoms with E-state index in [1.54, 1.807) is 12.1 Å². The average Bonchev–Trinajstić information content (AvgIpc) is 2.38. The van der Waals surface area contributed by atoms with E-state index in [-0.39, 0.29) is 24.3 Å². The van der Waals surface area contributed by atoms with E-state index in [2.05, 4.69) is 5.32 Å². The molecule has 1 atom stereocenters. The van der Waals surface area contributed by atoms with E-state index in [1.807, 2.05) is 0 Å². The van der Waals surface area contributed by atoms with Crippen LogP contribution in [0.2, 0.25) is 0 Å². The van der Waals surface area contributed by atoms with Crippen molar-refractivity contribution in [2.75, 3.05) is 20.3 Å². The van der Waals surface area contributed by atoms with Crippen LogP contribution in [0.5, 0.6) is 0 Å². The van der Waals surface area contributed by atoms with Gasteiger partial charge < -0.3 is 20.3 Å². The standard InChI is InChI=1S/C13H17NO5/c1-19-8-9(15)6-7-14-12(16)10-4-2-3-5-11(10)13(17)18/h2-5,9,15H,6-8H2,1H3,(H,14,16)(H,17,18). The Hall–Kier alpha value is -1.92. The summed E-state index contributed by atoms with van der Waals surface area (Å²) in [6, 6.07) is 5.98. The summed E-state index contributed by atoms with van der Waals surface area (Å²) >= 11 is 0. The van der Waals surface area contributed by atoms with E-state index in [9.17, 15) is 14.7 Å². The SMILES string of the molecule is COCC(O)CCNC(=O)c1ccccc1C(=O)O. The van der Waals surface area contributed by atoms with E-state index < -0.39 is 18.0 Å². The number of methoxy groups -OCH3 is 1. The summed E-state index contributed by atoms with van der Waals surface area (Å²) in [5, 5.41) is 20.9. The highest BCUT2D eigenvalue weighted by Crippen LogP contribution is 2.08. The monoisotopic (exact) mass is 267 g/mol. The smallest absolute Gasteiger partial charge is 0.336 e. The molecule has 1 amide bonds. The van der Waals surface area contributed by atoms with Crippen LogP contribution in [0.4, 0.5) is 0 Å². The zero-order valence-corrected chi connectivity index (χ0v) is 10.6. The van der Waals surface area contributed by atoms with E-state index >= 15 is 0 Å². The molecule has 0 fully saturated rings. The lowest BCUT2D eigenvalue weighted by atomic mass is 10.1. The van der Waals surface area contributed by atoms with Gasteiger partial charge in [0.15, 0.2) is 0 Å². The molecule has 3 N–H and O–H groups in total. The highest BCUT2D eigenvalue weighted by Gasteiger charge is 2.15. The van der Waals surface area contributed by atoms with Gasteiger partial charge in [-0.15, -0.1) is 0 Å². The number of aromatic carboxylic acids is 1. The molecule has 6 nitrogen and oxygen atoms in total. The predicted octanol–water partition coefficient (Wildman–Crippen LogP) is 0.512. The molecule has 0 spiro atoms. The Morgan fingerprint density at radius 2 is 1.95 bits per heavy atom. The van der Waals surface area contributed by atoms with Crippen molar-refractivity contribution in [3.63, 3.8) is 0 Å². The molecule has 0 aliphatic heterocycles. The molecule has 1 rings (SSSR count). The fraction of sp³-hybridized carbons (Fsp3) is 0.385. The molecule has 6 heteroatoms. The van der Waals surface area contributed by atoms with Gasteiger partial charge in [-0.2, -0.15) is 0 Å². The zero-order chi connectivity index (χ0) is 14.3. The van der Waals surface area contributed by atoms with E-state index in [1.165, 1.54) is 19.2 Å². The second-order valence-corrected chi connectivity index (χ2v) is 4.00. The number of hydrogen-bond acceptors (Lipinski definition) is 4. The van der Waals surface area contributed by atoms with Gasteiger partial charge in [-0.1, -0.05) is 12.1 Å². The number of aliphatic hydroxyl groups is 1. The fourth-order valence-electron chi connectivity index (χ4n) is 1.59. The fourth-order valence-corrected chi connectivity index (χ4v) is 1.59. The Labute approximate surface area is 111 Å². The molecule has 0 radical (unpaired) electrons. The van der Waals surface area contributed by atoms with Crippen molar-refractivity contribution < 1.29 is 24.5 Å². The van der Waals surface area contributed by atoms with Gasteiger partial charge in [-0.3, -0.25) is 4.79 Å². The zero-order valence-electron chi connectivity index (χ0n) is 10.6. The summed E-state index contributed by atoms with van der Waals surface area (Å²) in [6.07, 6.45) is -0.311. The predicted molar refractivity (Wildman–Crippen MR) is 68.2 cm³/mol. The molecular weight excluding hydrogens is 250 g/mol. The van der Waals surface area contributed by atoms with Crippen LogP contribution >= 0.6 is 0 Å². The summed E-state index contributed by atoms with van der Waals surface area (Å²) in [4.78, 5) is 22.8. The van der Waals surface area contributed by atoms with Crippen molar-refractivity contribution in [2.24, 2.45) is 0 Å². The van der Waals surface area contributed by atoms with Gasteiger partial charge in [0.2, 0.25) is 0 Å². The van der Waals surface area contributed by atoms with Crippen LogP contribution in [0.15, 0.2) is 24.3 Å². The van der Waals surface area contributed by atoms with Gasteiger partial charge in [0, 0.05) is 13.7 Å². The highest BCUT2D eigenvalue weighted by molar-refractivity contribution is 6.04. The molecule has 0 bridgehead atoms. The molecule has 0 aliphatic rings. The molecule has 0 saturated carbocycles. The summed E-state index contributed by atoms with van der Waals surface area (Å²) in [5.41, 5.74) is 0.0636. The maximum absolute atomic E-state index is 11.8.